The Bertz CT molecular complexity index is 2540. The van der Waals surface area contributed by atoms with Crippen LogP contribution in [0.25, 0.3) is 16.7 Å². The van der Waals surface area contributed by atoms with E-state index < -0.39 is 6.04 Å². The molecule has 1 atom stereocenters. The van der Waals surface area contributed by atoms with Crippen LogP contribution < -0.4 is 15.4 Å². The maximum Gasteiger partial charge on any atom is 0.324 e. The second-order valence-electron chi connectivity index (χ2n) is 16.9. The molecule has 1 unspecified atom stereocenters. The molecule has 3 N–H and O–H groups in total. The number of imidazole rings is 1. The summed E-state index contributed by atoms with van der Waals surface area (Å²) < 4.78 is 8.10. The number of H-pyrrole nitrogens is 1. The molecule has 4 aromatic carbocycles. The number of nitrogens with zero attached hydrogens (tertiary/aromatic N) is 5. The minimum atomic E-state index is -0.637. The predicted molar refractivity (Wildman–Crippen MR) is 235 cm³/mol. The van der Waals surface area contributed by atoms with Gasteiger partial charge >= 0.3 is 6.03 Å². The third-order valence-electron chi connectivity index (χ3n) is 11.5. The van der Waals surface area contributed by atoms with E-state index in [4.69, 9.17) is 4.74 Å². The quantitative estimate of drug-likeness (QED) is 0.0691. The van der Waals surface area contributed by atoms with Gasteiger partial charge in [-0.05, 0) is 84.8 Å². The number of rotatable bonds is 15. The molecule has 13 nitrogen and oxygen atoms in total. The topological polar surface area (TPSA) is 155 Å². The van der Waals surface area contributed by atoms with Crippen molar-refractivity contribution in [2.24, 2.45) is 0 Å². The standard InChI is InChI=1S/C48H52N8O5/c1-48(2,3)42-28-43(53-52-42)51-47(60)50-34-18-20-35(21-19-34)56-31-49-39-27-36(22-23-40(39)56)61-26-11-6-4-5-10-15-33-16-12-17-37-38(33)30-54(45(37)58)41-24-25-44(57)55(46(41)59)29-32-13-8-7-9-14-32/h7-9,12-14,16-23,27-28,31,41H,4-6,10-11,15,24-26,29-30H2,1-3H3,(H3,50,51,52,53,60). The van der Waals surface area contributed by atoms with Crippen LogP contribution in [0.5, 0.6) is 5.75 Å². The molecular weight excluding hydrogens is 769 g/mol. The van der Waals surface area contributed by atoms with E-state index in [1.807, 2.05) is 95.6 Å². The number of urea groups is 1. The van der Waals surface area contributed by atoms with Crippen molar-refractivity contribution in [3.8, 4) is 11.4 Å². The van der Waals surface area contributed by atoms with Gasteiger partial charge in [0.2, 0.25) is 5.91 Å². The van der Waals surface area contributed by atoms with Crippen LogP contribution in [0.3, 0.4) is 0 Å². The Balaban J connectivity index is 0.759. The summed E-state index contributed by atoms with van der Waals surface area (Å²) in [5.74, 6) is 0.640. The maximum absolute atomic E-state index is 13.6. The minimum absolute atomic E-state index is 0.100. The van der Waals surface area contributed by atoms with E-state index in [2.05, 4.69) is 52.7 Å². The fourth-order valence-electron chi connectivity index (χ4n) is 8.13. The number of aryl methyl sites for hydroxylation is 1. The van der Waals surface area contributed by atoms with E-state index in [-0.39, 0.29) is 42.1 Å². The molecule has 0 aliphatic carbocycles. The van der Waals surface area contributed by atoms with Crippen molar-refractivity contribution >= 4 is 46.3 Å². The monoisotopic (exact) mass is 820 g/mol. The lowest BCUT2D eigenvalue weighted by atomic mass is 9.92. The summed E-state index contributed by atoms with van der Waals surface area (Å²) in [6, 6.07) is 29.7. The Morgan fingerprint density at radius 1 is 0.869 bits per heavy atom. The van der Waals surface area contributed by atoms with E-state index in [0.717, 1.165) is 83.4 Å². The number of benzene rings is 4. The van der Waals surface area contributed by atoms with Crippen molar-refractivity contribution in [1.82, 2.24) is 29.5 Å². The van der Waals surface area contributed by atoms with Gasteiger partial charge in [-0.3, -0.25) is 34.3 Å². The van der Waals surface area contributed by atoms with E-state index in [9.17, 15) is 19.2 Å². The molecule has 2 aliphatic rings. The molecule has 8 rings (SSSR count). The van der Waals surface area contributed by atoms with E-state index in [1.165, 1.54) is 4.90 Å². The van der Waals surface area contributed by atoms with Crippen LogP contribution in [0.4, 0.5) is 16.3 Å². The van der Waals surface area contributed by atoms with Crippen molar-refractivity contribution in [2.75, 3.05) is 17.2 Å². The van der Waals surface area contributed by atoms with Crippen molar-refractivity contribution in [3.05, 3.63) is 131 Å². The van der Waals surface area contributed by atoms with Gasteiger partial charge in [-0.2, -0.15) is 5.10 Å². The Morgan fingerprint density at radius 2 is 1.66 bits per heavy atom. The largest absolute Gasteiger partial charge is 0.494 e. The number of hydrogen-bond acceptors (Lipinski definition) is 7. The zero-order valence-electron chi connectivity index (χ0n) is 34.9. The fourth-order valence-corrected chi connectivity index (χ4v) is 8.13. The summed E-state index contributed by atoms with van der Waals surface area (Å²) in [6.07, 6.45) is 8.39. The molecule has 1 saturated heterocycles. The van der Waals surface area contributed by atoms with Crippen LogP contribution in [0.15, 0.2) is 103 Å². The third-order valence-corrected chi connectivity index (χ3v) is 11.5. The highest BCUT2D eigenvalue weighted by Gasteiger charge is 2.43. The first-order valence-corrected chi connectivity index (χ1v) is 21.2. The van der Waals surface area contributed by atoms with E-state index in [1.54, 1.807) is 11.2 Å². The molecular formula is C48H52N8O5. The number of carbonyl (C=O) groups is 4. The summed E-state index contributed by atoms with van der Waals surface area (Å²) in [6.45, 7) is 7.46. The summed E-state index contributed by atoms with van der Waals surface area (Å²) in [4.78, 5) is 60.1. The number of aromatic nitrogens is 4. The molecule has 6 aromatic rings. The van der Waals surface area contributed by atoms with Crippen LogP contribution in [0.1, 0.15) is 98.5 Å². The van der Waals surface area contributed by atoms with Crippen LogP contribution in [0.2, 0.25) is 0 Å². The minimum Gasteiger partial charge on any atom is -0.494 e. The average molecular weight is 821 g/mol. The molecule has 2 aliphatic heterocycles. The van der Waals surface area contributed by atoms with Gasteiger partial charge in [0.25, 0.3) is 11.8 Å². The van der Waals surface area contributed by atoms with Gasteiger partial charge in [0.05, 0.1) is 24.2 Å². The fraction of sp³-hybridized carbons (Fsp3) is 0.333. The molecule has 4 heterocycles. The molecule has 2 aromatic heterocycles. The van der Waals surface area contributed by atoms with Gasteiger partial charge in [0, 0.05) is 53.1 Å². The number of imide groups is 1. The van der Waals surface area contributed by atoms with Gasteiger partial charge in [-0.15, -0.1) is 0 Å². The lowest BCUT2D eigenvalue weighted by Gasteiger charge is -2.35. The number of aromatic amines is 1. The van der Waals surface area contributed by atoms with Gasteiger partial charge in [-0.25, -0.2) is 9.78 Å². The summed E-state index contributed by atoms with van der Waals surface area (Å²) >= 11 is 0. The average Bonchev–Trinajstić information content (AvgIpc) is 3.99. The molecule has 0 saturated carbocycles. The lowest BCUT2D eigenvalue weighted by Crippen LogP contribution is -2.54. The van der Waals surface area contributed by atoms with Gasteiger partial charge < -0.3 is 15.0 Å². The van der Waals surface area contributed by atoms with Crippen molar-refractivity contribution in [1.29, 1.82) is 0 Å². The second kappa shape index (κ2) is 17.8. The number of anilines is 2. The molecule has 0 bridgehead atoms. The number of amides is 5. The Hall–Kier alpha value is -6.76. The van der Waals surface area contributed by atoms with Crippen molar-refractivity contribution < 1.29 is 23.9 Å². The number of ether oxygens (including phenoxy) is 1. The molecule has 0 spiro atoms. The normalized spacial score (nSPS) is 15.4. The molecule has 314 valence electrons. The van der Waals surface area contributed by atoms with E-state index in [0.29, 0.717) is 36.6 Å². The number of hydrogen-bond donors (Lipinski definition) is 3. The van der Waals surface area contributed by atoms with Crippen molar-refractivity contribution in [3.63, 3.8) is 0 Å². The first kappa shape index (κ1) is 41.0. The number of carbonyl (C=O) groups excluding carboxylic acids is 4. The van der Waals surface area contributed by atoms with Gasteiger partial charge in [-0.1, -0.05) is 82.5 Å². The molecule has 0 radical (unpaired) electrons. The second-order valence-corrected chi connectivity index (χ2v) is 16.9. The summed E-state index contributed by atoms with van der Waals surface area (Å²) in [5.41, 5.74) is 7.90. The first-order valence-electron chi connectivity index (χ1n) is 21.2. The zero-order valence-corrected chi connectivity index (χ0v) is 34.9. The van der Waals surface area contributed by atoms with Gasteiger partial charge in [0.1, 0.15) is 18.1 Å². The molecule has 1 fully saturated rings. The Morgan fingerprint density at radius 3 is 2.44 bits per heavy atom. The maximum atomic E-state index is 13.6. The lowest BCUT2D eigenvalue weighted by molar-refractivity contribution is -0.153. The van der Waals surface area contributed by atoms with Crippen LogP contribution in [-0.4, -0.2) is 65.9 Å². The van der Waals surface area contributed by atoms with E-state index >= 15 is 0 Å². The van der Waals surface area contributed by atoms with Gasteiger partial charge in [0.15, 0.2) is 5.82 Å². The number of fused-ring (bicyclic) bond motifs is 2. The Labute approximate surface area is 355 Å². The summed E-state index contributed by atoms with van der Waals surface area (Å²) in [5, 5.41) is 12.8. The third kappa shape index (κ3) is 9.35. The number of unbranched alkanes of at least 4 members (excludes halogenated alkanes) is 4. The highest BCUT2D eigenvalue weighted by Crippen LogP contribution is 2.33. The zero-order chi connectivity index (χ0) is 42.5. The highest BCUT2D eigenvalue weighted by molar-refractivity contribution is 6.05. The molecule has 13 heteroatoms. The smallest absolute Gasteiger partial charge is 0.324 e. The first-order chi connectivity index (χ1) is 29.5. The number of nitrogens with one attached hydrogen (secondary N) is 3. The SMILES string of the molecule is CC(C)(C)c1cc(NC(=O)Nc2ccc(-n3cnc4cc(OCCCCCCCc5cccc6c5CN(C5CCC(=O)N(Cc7ccccc7)C5=O)C6=O)ccc43)cc2)n[nH]1. The predicted octanol–water partition coefficient (Wildman–Crippen LogP) is 8.94. The molecule has 5 amide bonds. The van der Waals surface area contributed by atoms with Crippen molar-refractivity contribution in [2.45, 2.75) is 96.7 Å². The number of piperidine rings is 1. The number of likely N-dealkylation sites (tertiary alicyclic amines) is 1. The Kier molecular flexibility index (Phi) is 12.0. The highest BCUT2D eigenvalue weighted by atomic mass is 16.5. The summed E-state index contributed by atoms with van der Waals surface area (Å²) in [7, 11) is 0. The van der Waals surface area contributed by atoms with Crippen LogP contribution >= 0.6 is 0 Å². The molecule has 61 heavy (non-hydrogen) atoms. The van der Waals surface area contributed by atoms with Crippen LogP contribution in [-0.2, 0) is 34.5 Å². The van der Waals surface area contributed by atoms with Crippen LogP contribution in [0, 0.1) is 0 Å².